The molecule has 1 unspecified atom stereocenters. The highest BCUT2D eigenvalue weighted by molar-refractivity contribution is 7.98. The highest BCUT2D eigenvalue weighted by atomic mass is 32.2. The Balaban J connectivity index is 2.41. The predicted octanol–water partition coefficient (Wildman–Crippen LogP) is 0.821. The zero-order chi connectivity index (χ0) is 9.26. The number of hydrogen-bond donors (Lipinski definition) is 2. The lowest BCUT2D eigenvalue weighted by Crippen LogP contribution is -2.13. The Bertz CT molecular complexity index is 316. The summed E-state index contributed by atoms with van der Waals surface area (Å²) in [7, 11) is 0. The number of aromatic nitrogens is 1. The molecule has 1 aromatic heterocycles. The van der Waals surface area contributed by atoms with Crippen LogP contribution in [0.2, 0.25) is 0 Å². The van der Waals surface area contributed by atoms with Gasteiger partial charge in [-0.2, -0.15) is 11.8 Å². The Morgan fingerprint density at radius 2 is 2.38 bits per heavy atom. The molecule has 1 aliphatic rings. The molecule has 1 aromatic rings. The number of nitrogens with two attached hydrogens (primary N) is 1. The van der Waals surface area contributed by atoms with Crippen molar-refractivity contribution >= 4 is 11.8 Å². The third-order valence-corrected chi connectivity index (χ3v) is 3.27. The molecule has 2 rings (SSSR count). The molecule has 0 aliphatic carbocycles. The van der Waals surface area contributed by atoms with Crippen molar-refractivity contribution in [1.29, 1.82) is 0 Å². The lowest BCUT2D eigenvalue weighted by Gasteiger charge is -2.11. The Labute approximate surface area is 81.4 Å². The van der Waals surface area contributed by atoms with Crippen LogP contribution in [-0.2, 0) is 11.5 Å². The molecule has 2 heterocycles. The van der Waals surface area contributed by atoms with Crippen LogP contribution in [0.3, 0.4) is 0 Å². The van der Waals surface area contributed by atoms with Gasteiger partial charge in [0.1, 0.15) is 0 Å². The number of hydrogen-bond acceptors (Lipinski definition) is 4. The highest BCUT2D eigenvalue weighted by Gasteiger charge is 2.18. The average Bonchev–Trinajstić information content (AvgIpc) is 2.63. The number of nitrogens with zero attached hydrogens (tertiary/aromatic N) is 1. The highest BCUT2D eigenvalue weighted by Crippen LogP contribution is 2.33. The molecule has 0 spiro atoms. The van der Waals surface area contributed by atoms with E-state index >= 15 is 0 Å². The average molecular weight is 196 g/mol. The largest absolute Gasteiger partial charge is 0.387 e. The Morgan fingerprint density at radius 3 is 3.15 bits per heavy atom. The van der Waals surface area contributed by atoms with Gasteiger partial charge in [-0.15, -0.1) is 0 Å². The minimum atomic E-state index is -0.554. The summed E-state index contributed by atoms with van der Waals surface area (Å²) in [6.45, 7) is 0.267. The normalized spacial score (nSPS) is 17.1. The summed E-state index contributed by atoms with van der Waals surface area (Å²) in [6.07, 6.45) is 3.05. The molecule has 4 heteroatoms. The van der Waals surface area contributed by atoms with Crippen molar-refractivity contribution in [1.82, 2.24) is 4.98 Å². The first kappa shape index (κ1) is 8.99. The maximum atomic E-state index is 9.62. The summed E-state index contributed by atoms with van der Waals surface area (Å²) < 4.78 is 0. The van der Waals surface area contributed by atoms with E-state index < -0.39 is 6.10 Å². The number of aliphatic hydroxyl groups excluding tert-OH is 1. The topological polar surface area (TPSA) is 59.1 Å². The second kappa shape index (κ2) is 3.65. The molecule has 0 fully saturated rings. The number of rotatable bonds is 2. The molecular weight excluding hydrogens is 184 g/mol. The van der Waals surface area contributed by atoms with Gasteiger partial charge in [-0.25, -0.2) is 0 Å². The van der Waals surface area contributed by atoms with E-state index in [1.54, 1.807) is 6.20 Å². The first-order valence-corrected chi connectivity index (χ1v) is 5.40. The van der Waals surface area contributed by atoms with E-state index in [0.717, 1.165) is 17.1 Å². The van der Waals surface area contributed by atoms with Gasteiger partial charge in [-0.1, -0.05) is 0 Å². The monoisotopic (exact) mass is 196 g/mol. The fourth-order valence-electron chi connectivity index (χ4n) is 1.53. The van der Waals surface area contributed by atoms with Crippen LogP contribution in [0.5, 0.6) is 0 Å². The summed E-state index contributed by atoms with van der Waals surface area (Å²) in [5, 5.41) is 9.62. The minimum absolute atomic E-state index is 0.267. The summed E-state index contributed by atoms with van der Waals surface area (Å²) in [5.74, 6) is 1.98. The Hall–Kier alpha value is -0.580. The summed E-state index contributed by atoms with van der Waals surface area (Å²) in [5.41, 5.74) is 8.80. The molecule has 0 aromatic carbocycles. The molecule has 70 valence electrons. The lowest BCUT2D eigenvalue weighted by atomic mass is 10.0. The van der Waals surface area contributed by atoms with Crippen LogP contribution in [0.25, 0.3) is 0 Å². The van der Waals surface area contributed by atoms with Crippen molar-refractivity contribution in [3.8, 4) is 0 Å². The van der Waals surface area contributed by atoms with Crippen molar-refractivity contribution in [2.45, 2.75) is 17.6 Å². The van der Waals surface area contributed by atoms with Gasteiger partial charge in [-0.05, 0) is 11.1 Å². The summed E-state index contributed by atoms with van der Waals surface area (Å²) in [4.78, 5) is 4.10. The van der Waals surface area contributed by atoms with Crippen molar-refractivity contribution in [3.63, 3.8) is 0 Å². The molecule has 3 N–H and O–H groups in total. The van der Waals surface area contributed by atoms with Crippen LogP contribution in [0.4, 0.5) is 0 Å². The van der Waals surface area contributed by atoms with E-state index in [9.17, 15) is 5.11 Å². The van der Waals surface area contributed by atoms with Crippen LogP contribution in [-0.4, -0.2) is 16.6 Å². The standard InChI is InChI=1S/C9H12N2OS/c10-1-9(12)7-3-11-2-6-4-13-5-8(6)7/h2-3,9,12H,1,4-5,10H2. The maximum Gasteiger partial charge on any atom is 0.0930 e. The van der Waals surface area contributed by atoms with Gasteiger partial charge in [-0.3, -0.25) is 4.98 Å². The van der Waals surface area contributed by atoms with Gasteiger partial charge < -0.3 is 10.8 Å². The summed E-state index contributed by atoms with van der Waals surface area (Å²) in [6, 6.07) is 0. The van der Waals surface area contributed by atoms with E-state index in [-0.39, 0.29) is 6.54 Å². The molecule has 0 saturated heterocycles. The quantitative estimate of drug-likeness (QED) is 0.735. The third-order valence-electron chi connectivity index (χ3n) is 2.27. The van der Waals surface area contributed by atoms with Gasteiger partial charge >= 0.3 is 0 Å². The Kier molecular flexibility index (Phi) is 2.53. The van der Waals surface area contributed by atoms with Crippen molar-refractivity contribution < 1.29 is 5.11 Å². The number of aliphatic hydroxyl groups is 1. The smallest absolute Gasteiger partial charge is 0.0930 e. The fraction of sp³-hybridized carbons (Fsp3) is 0.444. The molecule has 0 bridgehead atoms. The summed E-state index contributed by atoms with van der Waals surface area (Å²) >= 11 is 1.85. The van der Waals surface area contributed by atoms with Gasteiger partial charge in [0, 0.05) is 36.0 Å². The SMILES string of the molecule is NCC(O)c1cncc2c1CSC2. The molecule has 3 nitrogen and oxygen atoms in total. The molecule has 0 amide bonds. The van der Waals surface area contributed by atoms with Gasteiger partial charge in [0.15, 0.2) is 0 Å². The zero-order valence-corrected chi connectivity index (χ0v) is 8.05. The van der Waals surface area contributed by atoms with Crippen LogP contribution < -0.4 is 5.73 Å². The number of fused-ring (bicyclic) bond motifs is 1. The van der Waals surface area contributed by atoms with Crippen LogP contribution in [0.1, 0.15) is 22.8 Å². The first-order valence-electron chi connectivity index (χ1n) is 4.24. The van der Waals surface area contributed by atoms with Gasteiger partial charge in [0.05, 0.1) is 6.10 Å². The number of thioether (sulfide) groups is 1. The fourth-order valence-corrected chi connectivity index (χ4v) is 2.65. The van der Waals surface area contributed by atoms with Crippen molar-refractivity contribution in [2.75, 3.05) is 6.54 Å². The zero-order valence-electron chi connectivity index (χ0n) is 7.23. The van der Waals surface area contributed by atoms with Crippen LogP contribution in [0, 0.1) is 0 Å². The minimum Gasteiger partial charge on any atom is -0.387 e. The van der Waals surface area contributed by atoms with E-state index in [0.29, 0.717) is 0 Å². The second-order valence-electron chi connectivity index (χ2n) is 3.11. The van der Waals surface area contributed by atoms with Crippen LogP contribution >= 0.6 is 11.8 Å². The molecule has 0 radical (unpaired) electrons. The van der Waals surface area contributed by atoms with E-state index in [1.807, 2.05) is 18.0 Å². The predicted molar refractivity (Wildman–Crippen MR) is 53.3 cm³/mol. The van der Waals surface area contributed by atoms with E-state index in [1.165, 1.54) is 11.1 Å². The first-order chi connectivity index (χ1) is 6.33. The van der Waals surface area contributed by atoms with Gasteiger partial charge in [0.2, 0.25) is 0 Å². The van der Waals surface area contributed by atoms with Gasteiger partial charge in [0.25, 0.3) is 0 Å². The van der Waals surface area contributed by atoms with E-state index in [4.69, 9.17) is 5.73 Å². The molecule has 0 saturated carbocycles. The second-order valence-corrected chi connectivity index (χ2v) is 4.10. The lowest BCUT2D eigenvalue weighted by molar-refractivity contribution is 0.185. The molecular formula is C9H12N2OS. The molecule has 1 atom stereocenters. The maximum absolute atomic E-state index is 9.62. The van der Waals surface area contributed by atoms with E-state index in [2.05, 4.69) is 4.98 Å². The number of pyridine rings is 1. The third kappa shape index (κ3) is 1.57. The molecule has 1 aliphatic heterocycles. The van der Waals surface area contributed by atoms with Crippen molar-refractivity contribution in [3.05, 3.63) is 29.1 Å². The molecule has 13 heavy (non-hydrogen) atoms. The Morgan fingerprint density at radius 1 is 1.54 bits per heavy atom. The van der Waals surface area contributed by atoms with Crippen LogP contribution in [0.15, 0.2) is 12.4 Å². The van der Waals surface area contributed by atoms with Crippen molar-refractivity contribution in [2.24, 2.45) is 5.73 Å².